The Morgan fingerprint density at radius 2 is 1.15 bits per heavy atom. The molecule has 0 aliphatic rings. The minimum Gasteiger partial charge on any atom is -0.478 e. The molecule has 11 heteroatoms. The van der Waals surface area contributed by atoms with Gasteiger partial charge in [-0.1, -0.05) is 35.3 Å². The maximum absolute atomic E-state index is 11.3. The number of carboxylic acids is 1. The van der Waals surface area contributed by atoms with E-state index in [9.17, 15) is 9.59 Å². The molecule has 4 rings (SSSR count). The lowest BCUT2D eigenvalue weighted by molar-refractivity contribution is 0.0696. The number of halogens is 4. The fourth-order valence-electron chi connectivity index (χ4n) is 3.15. The average molecular weight is 703 g/mol. The molecule has 0 fully saturated rings. The van der Waals surface area contributed by atoms with Crippen molar-refractivity contribution in [3.05, 3.63) is 114 Å². The Hall–Kier alpha value is -3.86. The van der Waals surface area contributed by atoms with Crippen LogP contribution in [0, 0.1) is 22.7 Å². The van der Waals surface area contributed by atoms with E-state index >= 15 is 0 Å². The van der Waals surface area contributed by atoms with E-state index in [1.165, 1.54) is 25.1 Å². The van der Waals surface area contributed by atoms with Crippen LogP contribution >= 0.6 is 55.1 Å². The summed E-state index contributed by atoms with van der Waals surface area (Å²) in [7, 11) is 0. The lowest BCUT2D eigenvalue weighted by Gasteiger charge is -2.10. The van der Waals surface area contributed by atoms with Crippen LogP contribution in [0.5, 0.6) is 23.0 Å². The van der Waals surface area contributed by atoms with E-state index in [1.807, 2.05) is 6.07 Å². The van der Waals surface area contributed by atoms with Crippen molar-refractivity contribution in [2.75, 3.05) is 0 Å². The molecule has 0 heterocycles. The summed E-state index contributed by atoms with van der Waals surface area (Å²) in [5, 5.41) is 27.6. The van der Waals surface area contributed by atoms with Crippen molar-refractivity contribution >= 4 is 66.8 Å². The largest absolute Gasteiger partial charge is 0.478 e. The smallest absolute Gasteiger partial charge is 0.335 e. The Balaban J connectivity index is 0.000000220. The van der Waals surface area contributed by atoms with Gasteiger partial charge in [0.25, 0.3) is 0 Å². The first kappa shape index (κ1) is 30.7. The van der Waals surface area contributed by atoms with E-state index in [1.54, 1.807) is 54.6 Å². The number of nitriles is 2. The molecule has 0 bridgehead atoms. The number of aromatic carboxylic acids is 1. The topological polar surface area (TPSA) is 120 Å². The molecular weight excluding hydrogens is 687 g/mol. The first-order valence-corrected chi connectivity index (χ1v) is 13.5. The second kappa shape index (κ2) is 14.0. The molecule has 0 aromatic heterocycles. The average Bonchev–Trinajstić information content (AvgIpc) is 2.91. The predicted octanol–water partition coefficient (Wildman–Crippen LogP) is 9.43. The number of nitrogens with zero attached hydrogens (tertiary/aromatic N) is 2. The van der Waals surface area contributed by atoms with Gasteiger partial charge in [-0.3, -0.25) is 4.79 Å². The Morgan fingerprint density at radius 1 is 0.725 bits per heavy atom. The highest BCUT2D eigenvalue weighted by Gasteiger charge is 2.13. The van der Waals surface area contributed by atoms with Gasteiger partial charge in [0.15, 0.2) is 5.78 Å². The number of carbonyl (C=O) groups is 2. The summed E-state index contributed by atoms with van der Waals surface area (Å²) in [5.74, 6) is 0.279. The number of Topliss-reactive ketones (excluding diaryl/α,β-unsaturated/α-hetero) is 1. The van der Waals surface area contributed by atoms with Gasteiger partial charge in [-0.15, -0.1) is 0 Å². The predicted molar refractivity (Wildman–Crippen MR) is 158 cm³/mol. The number of ketones is 1. The minimum absolute atomic E-state index is 0.0668. The van der Waals surface area contributed by atoms with Gasteiger partial charge in [-0.2, -0.15) is 10.5 Å². The molecule has 4 aromatic carbocycles. The van der Waals surface area contributed by atoms with Gasteiger partial charge in [0.05, 0.1) is 15.6 Å². The molecule has 0 aliphatic heterocycles. The van der Waals surface area contributed by atoms with Gasteiger partial charge in [-0.05, 0) is 99.4 Å². The van der Waals surface area contributed by atoms with Crippen LogP contribution in [-0.2, 0) is 0 Å². The highest BCUT2D eigenvalue weighted by atomic mass is 79.9. The van der Waals surface area contributed by atoms with Crippen molar-refractivity contribution in [1.82, 2.24) is 0 Å². The molecule has 0 spiro atoms. The highest BCUT2D eigenvalue weighted by molar-refractivity contribution is 9.10. The van der Waals surface area contributed by atoms with Gasteiger partial charge >= 0.3 is 5.97 Å². The first-order valence-electron chi connectivity index (χ1n) is 11.1. The van der Waals surface area contributed by atoms with Crippen molar-refractivity contribution in [1.29, 1.82) is 10.5 Å². The van der Waals surface area contributed by atoms with E-state index < -0.39 is 5.97 Å². The van der Waals surface area contributed by atoms with Crippen LogP contribution in [-0.4, -0.2) is 16.9 Å². The molecule has 0 saturated heterocycles. The second-order valence-electron chi connectivity index (χ2n) is 7.81. The Labute approximate surface area is 256 Å². The van der Waals surface area contributed by atoms with Crippen LogP contribution in [0.3, 0.4) is 0 Å². The van der Waals surface area contributed by atoms with Crippen molar-refractivity contribution < 1.29 is 24.2 Å². The first-order chi connectivity index (χ1) is 19.0. The summed E-state index contributed by atoms with van der Waals surface area (Å²) in [4.78, 5) is 22.1. The molecule has 0 saturated carbocycles. The maximum atomic E-state index is 11.3. The van der Waals surface area contributed by atoms with Gasteiger partial charge in [0.2, 0.25) is 0 Å². The molecule has 0 atom stereocenters. The number of hydrogen-bond donors (Lipinski definition) is 1. The van der Waals surface area contributed by atoms with Crippen LogP contribution in [0.25, 0.3) is 0 Å². The van der Waals surface area contributed by atoms with Crippen LogP contribution in [0.1, 0.15) is 38.8 Å². The van der Waals surface area contributed by atoms with Gasteiger partial charge in [0.1, 0.15) is 46.3 Å². The molecule has 1 N–H and O–H groups in total. The molecule has 0 unspecified atom stereocenters. The van der Waals surface area contributed by atoms with Crippen molar-refractivity contribution in [3.8, 4) is 35.1 Å². The standard InChI is InChI=1S/C15H9BrClNO2.C14H7BrClNO3/c1-9(19)10-5-6-15(13(17)7-10)20-14-4-2-3-12(16)11(14)8-18;15-10-2-1-3-12(9(10)7-17)20-13-5-4-8(14(18)19)6-11(13)16/h2-7H,1H3;1-6H,(H,18,19). The van der Waals surface area contributed by atoms with Crippen LogP contribution in [0.2, 0.25) is 10.0 Å². The van der Waals surface area contributed by atoms with Crippen LogP contribution in [0.15, 0.2) is 81.7 Å². The molecule has 0 aliphatic carbocycles. The van der Waals surface area contributed by atoms with Crippen LogP contribution in [0.4, 0.5) is 0 Å². The number of carbonyl (C=O) groups excluding carboxylic acids is 1. The number of hydrogen-bond acceptors (Lipinski definition) is 6. The summed E-state index contributed by atoms with van der Waals surface area (Å²) in [6, 6.07) is 23.3. The fourth-order valence-corrected chi connectivity index (χ4v) is 4.46. The Bertz CT molecular complexity index is 1570. The van der Waals surface area contributed by atoms with Crippen molar-refractivity contribution in [2.24, 2.45) is 0 Å². The zero-order valence-corrected chi connectivity index (χ0v) is 25.1. The normalized spacial score (nSPS) is 9.88. The monoisotopic (exact) mass is 700 g/mol. The van der Waals surface area contributed by atoms with E-state index in [-0.39, 0.29) is 22.1 Å². The summed E-state index contributed by atoms with van der Waals surface area (Å²) < 4.78 is 12.5. The second-order valence-corrected chi connectivity index (χ2v) is 10.3. The molecule has 7 nitrogen and oxygen atoms in total. The quantitative estimate of drug-likeness (QED) is 0.199. The minimum atomic E-state index is -1.07. The van der Waals surface area contributed by atoms with Crippen LogP contribution < -0.4 is 9.47 Å². The van der Waals surface area contributed by atoms with Crippen molar-refractivity contribution in [2.45, 2.75) is 6.92 Å². The van der Waals surface area contributed by atoms with E-state index in [2.05, 4.69) is 37.9 Å². The summed E-state index contributed by atoms with van der Waals surface area (Å²) in [6.45, 7) is 1.47. The molecular formula is C29H16Br2Cl2N2O5. The van der Waals surface area contributed by atoms with Crippen molar-refractivity contribution in [3.63, 3.8) is 0 Å². The van der Waals surface area contributed by atoms with Gasteiger partial charge in [-0.25, -0.2) is 4.79 Å². The lowest BCUT2D eigenvalue weighted by Crippen LogP contribution is -1.96. The fraction of sp³-hybridized carbons (Fsp3) is 0.0345. The zero-order valence-electron chi connectivity index (χ0n) is 20.4. The summed E-state index contributed by atoms with van der Waals surface area (Å²) in [5.41, 5.74) is 1.30. The van der Waals surface area contributed by atoms with E-state index in [4.69, 9.17) is 48.3 Å². The number of benzene rings is 4. The molecule has 200 valence electrons. The lowest BCUT2D eigenvalue weighted by atomic mass is 10.1. The molecule has 40 heavy (non-hydrogen) atoms. The SMILES string of the molecule is CC(=O)c1ccc(Oc2cccc(Br)c2C#N)c(Cl)c1.N#Cc1c(Br)cccc1Oc1ccc(C(=O)O)cc1Cl. The molecule has 4 aromatic rings. The Kier molecular flexibility index (Phi) is 10.7. The zero-order chi connectivity index (χ0) is 29.4. The third-order valence-corrected chi connectivity index (χ3v) is 7.04. The summed E-state index contributed by atoms with van der Waals surface area (Å²) >= 11 is 18.6. The number of rotatable bonds is 6. The highest BCUT2D eigenvalue weighted by Crippen LogP contribution is 2.35. The van der Waals surface area contributed by atoms with Gasteiger partial charge < -0.3 is 14.6 Å². The Morgan fingerprint density at radius 3 is 1.52 bits per heavy atom. The number of ether oxygens (including phenoxy) is 2. The third kappa shape index (κ3) is 7.62. The third-order valence-electron chi connectivity index (χ3n) is 5.13. The van der Waals surface area contributed by atoms with E-state index in [0.29, 0.717) is 47.9 Å². The summed E-state index contributed by atoms with van der Waals surface area (Å²) in [6.07, 6.45) is 0. The van der Waals surface area contributed by atoms with E-state index in [0.717, 1.165) is 0 Å². The number of carboxylic acid groups (broad SMARTS) is 1. The maximum Gasteiger partial charge on any atom is 0.335 e. The molecule has 0 amide bonds. The molecule has 0 radical (unpaired) electrons. The van der Waals surface area contributed by atoms with Gasteiger partial charge in [0, 0.05) is 14.5 Å².